The summed E-state index contributed by atoms with van der Waals surface area (Å²) in [5.74, 6) is -1.34. The highest BCUT2D eigenvalue weighted by atomic mass is 16.5. The van der Waals surface area contributed by atoms with Gasteiger partial charge in [0.1, 0.15) is 0 Å². The molecule has 0 rings (SSSR count). The predicted octanol–water partition coefficient (Wildman–Crippen LogP) is 0.740. The fourth-order valence-corrected chi connectivity index (χ4v) is 1.20. The zero-order valence-electron chi connectivity index (χ0n) is 11.6. The van der Waals surface area contributed by atoms with E-state index in [1.165, 1.54) is 0 Å². The van der Waals surface area contributed by atoms with Crippen molar-refractivity contribution in [1.82, 2.24) is 10.6 Å². The van der Waals surface area contributed by atoms with Gasteiger partial charge in [0.25, 0.3) is 0 Å². The molecule has 0 spiro atoms. The van der Waals surface area contributed by atoms with Crippen LogP contribution in [0.2, 0.25) is 0 Å². The largest absolute Gasteiger partial charge is 0.481 e. The molecular weight excluding hydrogens is 252 g/mol. The summed E-state index contributed by atoms with van der Waals surface area (Å²) in [4.78, 5) is 33.4. The molecule has 0 aromatic heterocycles. The first-order valence-corrected chi connectivity index (χ1v) is 6.26. The number of carbonyl (C=O) groups is 3. The average Bonchev–Trinajstić information content (AvgIpc) is 2.36. The van der Waals surface area contributed by atoms with Crippen molar-refractivity contribution in [3.05, 3.63) is 0 Å². The summed E-state index contributed by atoms with van der Waals surface area (Å²) in [6.07, 6.45) is 0.497. The molecule has 0 heterocycles. The van der Waals surface area contributed by atoms with Crippen LogP contribution in [0.5, 0.6) is 0 Å². The molecule has 0 aliphatic carbocycles. The van der Waals surface area contributed by atoms with Crippen LogP contribution >= 0.6 is 0 Å². The molecule has 110 valence electrons. The molecule has 2 amide bonds. The highest BCUT2D eigenvalue weighted by molar-refractivity contribution is 5.78. The van der Waals surface area contributed by atoms with E-state index in [0.29, 0.717) is 13.0 Å². The molecule has 19 heavy (non-hydrogen) atoms. The molecule has 0 aromatic carbocycles. The quantitative estimate of drug-likeness (QED) is 0.566. The number of amides is 2. The van der Waals surface area contributed by atoms with Crippen LogP contribution in [0.15, 0.2) is 0 Å². The Labute approximate surface area is 112 Å². The molecule has 1 unspecified atom stereocenters. The number of nitrogens with one attached hydrogen (secondary N) is 2. The van der Waals surface area contributed by atoms with Crippen LogP contribution in [0.4, 0.5) is 4.79 Å². The van der Waals surface area contributed by atoms with E-state index in [1.54, 1.807) is 20.8 Å². The van der Waals surface area contributed by atoms with Crippen molar-refractivity contribution in [1.29, 1.82) is 0 Å². The van der Waals surface area contributed by atoms with Gasteiger partial charge in [0, 0.05) is 13.1 Å². The Morgan fingerprint density at radius 2 is 1.84 bits per heavy atom. The molecule has 1 atom stereocenters. The second kappa shape index (κ2) is 8.34. The molecule has 0 aliphatic heterocycles. The molecule has 0 bridgehead atoms. The Balaban J connectivity index is 3.93. The Morgan fingerprint density at radius 1 is 1.21 bits per heavy atom. The van der Waals surface area contributed by atoms with E-state index in [4.69, 9.17) is 9.84 Å². The fraction of sp³-hybridized carbons (Fsp3) is 0.750. The number of hydrogen-bond acceptors (Lipinski definition) is 4. The number of ether oxygens (including phenoxy) is 1. The minimum Gasteiger partial charge on any atom is -0.481 e. The number of carboxylic acids is 1. The summed E-state index contributed by atoms with van der Waals surface area (Å²) in [6, 6.07) is -0.495. The van der Waals surface area contributed by atoms with Crippen molar-refractivity contribution in [2.75, 3.05) is 19.7 Å². The molecule has 0 aliphatic rings. The van der Waals surface area contributed by atoms with E-state index in [9.17, 15) is 14.4 Å². The standard InChI is InChI=1S/C12H22N2O5/c1-4-12(3,10(16)17)8-14-11(18)13-7-6-9(15)19-5-2/h4-8H2,1-3H3,(H,16,17)(H2,13,14,18). The van der Waals surface area contributed by atoms with E-state index in [0.717, 1.165) is 0 Å². The molecule has 0 saturated carbocycles. The first-order chi connectivity index (χ1) is 8.85. The number of urea groups is 1. The zero-order valence-corrected chi connectivity index (χ0v) is 11.6. The maximum absolute atomic E-state index is 11.4. The van der Waals surface area contributed by atoms with Crippen molar-refractivity contribution in [2.45, 2.75) is 33.6 Å². The molecular formula is C12H22N2O5. The van der Waals surface area contributed by atoms with Crippen molar-refractivity contribution in [3.8, 4) is 0 Å². The lowest BCUT2D eigenvalue weighted by Crippen LogP contribution is -2.45. The first-order valence-electron chi connectivity index (χ1n) is 6.26. The average molecular weight is 274 g/mol. The van der Waals surface area contributed by atoms with Gasteiger partial charge in [-0.2, -0.15) is 0 Å². The Bertz CT molecular complexity index is 332. The molecule has 7 nitrogen and oxygen atoms in total. The topological polar surface area (TPSA) is 105 Å². The Morgan fingerprint density at radius 3 is 2.32 bits per heavy atom. The van der Waals surface area contributed by atoms with E-state index in [2.05, 4.69) is 10.6 Å². The summed E-state index contributed by atoms with van der Waals surface area (Å²) in [7, 11) is 0. The lowest BCUT2D eigenvalue weighted by molar-refractivity contribution is -0.147. The third-order valence-corrected chi connectivity index (χ3v) is 2.86. The lowest BCUT2D eigenvalue weighted by Gasteiger charge is -2.23. The first kappa shape index (κ1) is 17.2. The minimum atomic E-state index is -0.988. The summed E-state index contributed by atoms with van der Waals surface area (Å²) in [6.45, 7) is 5.50. The van der Waals surface area contributed by atoms with Crippen LogP contribution in [-0.4, -0.2) is 42.8 Å². The second-order valence-corrected chi connectivity index (χ2v) is 4.38. The maximum atomic E-state index is 11.4. The molecule has 0 saturated heterocycles. The van der Waals surface area contributed by atoms with Crippen LogP contribution in [-0.2, 0) is 14.3 Å². The van der Waals surface area contributed by atoms with Crippen LogP contribution < -0.4 is 10.6 Å². The van der Waals surface area contributed by atoms with Crippen molar-refractivity contribution < 1.29 is 24.2 Å². The van der Waals surface area contributed by atoms with Gasteiger partial charge < -0.3 is 20.5 Å². The number of rotatable bonds is 8. The van der Waals surface area contributed by atoms with Crippen molar-refractivity contribution in [2.24, 2.45) is 5.41 Å². The molecule has 0 aromatic rings. The van der Waals surface area contributed by atoms with E-state index in [-0.39, 0.29) is 25.5 Å². The van der Waals surface area contributed by atoms with Crippen molar-refractivity contribution in [3.63, 3.8) is 0 Å². The summed E-state index contributed by atoms with van der Waals surface area (Å²) in [5.41, 5.74) is -0.988. The number of aliphatic carboxylic acids is 1. The summed E-state index contributed by atoms with van der Waals surface area (Å²) >= 11 is 0. The molecule has 7 heteroatoms. The van der Waals surface area contributed by atoms with Gasteiger partial charge in [-0.3, -0.25) is 9.59 Å². The normalized spacial score (nSPS) is 13.2. The SMILES string of the molecule is CCOC(=O)CCNC(=O)NCC(C)(CC)C(=O)O. The number of hydrogen-bond donors (Lipinski definition) is 3. The number of esters is 1. The second-order valence-electron chi connectivity index (χ2n) is 4.38. The smallest absolute Gasteiger partial charge is 0.314 e. The van der Waals surface area contributed by atoms with Gasteiger partial charge >= 0.3 is 18.0 Å². The monoisotopic (exact) mass is 274 g/mol. The highest BCUT2D eigenvalue weighted by Gasteiger charge is 2.31. The van der Waals surface area contributed by atoms with Gasteiger partial charge in [0.2, 0.25) is 0 Å². The van der Waals surface area contributed by atoms with Crippen molar-refractivity contribution >= 4 is 18.0 Å². The molecule has 0 fully saturated rings. The summed E-state index contributed by atoms with van der Waals surface area (Å²) in [5, 5.41) is 14.0. The van der Waals surface area contributed by atoms with Crippen LogP contribution in [0, 0.1) is 5.41 Å². The Hall–Kier alpha value is -1.79. The predicted molar refractivity (Wildman–Crippen MR) is 68.7 cm³/mol. The Kier molecular flexibility index (Phi) is 7.55. The van der Waals surface area contributed by atoms with Crippen LogP contribution in [0.1, 0.15) is 33.6 Å². The van der Waals surface area contributed by atoms with Gasteiger partial charge in [0.15, 0.2) is 0 Å². The van der Waals surface area contributed by atoms with Gasteiger partial charge in [-0.1, -0.05) is 6.92 Å². The number of carboxylic acid groups (broad SMARTS) is 1. The fourth-order valence-electron chi connectivity index (χ4n) is 1.20. The van der Waals surface area contributed by atoms with Gasteiger partial charge in [-0.25, -0.2) is 4.79 Å². The van der Waals surface area contributed by atoms with Gasteiger partial charge in [-0.05, 0) is 20.3 Å². The van der Waals surface area contributed by atoms with E-state index >= 15 is 0 Å². The highest BCUT2D eigenvalue weighted by Crippen LogP contribution is 2.19. The maximum Gasteiger partial charge on any atom is 0.314 e. The minimum absolute atomic E-state index is 0.0318. The van der Waals surface area contributed by atoms with Crippen LogP contribution in [0.3, 0.4) is 0 Å². The molecule has 3 N–H and O–H groups in total. The molecule has 0 radical (unpaired) electrons. The van der Waals surface area contributed by atoms with Gasteiger partial charge in [0.05, 0.1) is 18.4 Å². The van der Waals surface area contributed by atoms with Gasteiger partial charge in [-0.15, -0.1) is 0 Å². The van der Waals surface area contributed by atoms with E-state index < -0.39 is 17.4 Å². The lowest BCUT2D eigenvalue weighted by atomic mass is 9.88. The van der Waals surface area contributed by atoms with Crippen LogP contribution in [0.25, 0.3) is 0 Å². The third kappa shape index (κ3) is 6.64. The zero-order chi connectivity index (χ0) is 14.9. The third-order valence-electron chi connectivity index (χ3n) is 2.86. The number of carbonyl (C=O) groups excluding carboxylic acids is 2. The summed E-state index contributed by atoms with van der Waals surface area (Å²) < 4.78 is 4.70. The van der Waals surface area contributed by atoms with E-state index in [1.807, 2.05) is 0 Å².